The van der Waals surface area contributed by atoms with Crippen LogP contribution < -0.4 is 10.6 Å². The number of hydrogen-bond acceptors (Lipinski definition) is 4. The van der Waals surface area contributed by atoms with Gasteiger partial charge in [-0.3, -0.25) is 9.59 Å². The number of anilines is 1. The number of amides is 1. The van der Waals surface area contributed by atoms with Gasteiger partial charge in [0.1, 0.15) is 0 Å². The molecule has 0 radical (unpaired) electrons. The molecule has 0 aliphatic carbocycles. The summed E-state index contributed by atoms with van der Waals surface area (Å²) in [4.78, 5) is 31.6. The van der Waals surface area contributed by atoms with E-state index in [9.17, 15) is 9.59 Å². The van der Waals surface area contributed by atoms with Gasteiger partial charge in [0.25, 0.3) is 0 Å². The average Bonchev–Trinajstić information content (AvgIpc) is 2.68. The Morgan fingerprint density at radius 2 is 1.64 bits per heavy atom. The number of benzene rings is 2. The van der Waals surface area contributed by atoms with Crippen molar-refractivity contribution in [2.45, 2.75) is 13.8 Å². The molecular weight excluding hydrogens is 316 g/mol. The number of rotatable bonds is 3. The fourth-order valence-electron chi connectivity index (χ4n) is 2.28. The molecule has 2 aromatic rings. The monoisotopic (exact) mass is 336 g/mol. The van der Waals surface area contributed by atoms with Crippen molar-refractivity contribution in [3.05, 3.63) is 59.7 Å². The predicted octanol–water partition coefficient (Wildman–Crippen LogP) is 3.17. The van der Waals surface area contributed by atoms with Crippen LogP contribution in [0.3, 0.4) is 0 Å². The maximum atomic E-state index is 12.3. The first kappa shape index (κ1) is 18.1. The Kier molecular flexibility index (Phi) is 6.17. The number of carbonyl (C=O) groups excluding carboxylic acids is 2. The van der Waals surface area contributed by atoms with Crippen LogP contribution >= 0.6 is 0 Å². The van der Waals surface area contributed by atoms with Crippen LogP contribution in [0.5, 0.6) is 0 Å². The number of amidine groups is 2. The summed E-state index contributed by atoms with van der Waals surface area (Å²) in [7, 11) is 1.84. The van der Waals surface area contributed by atoms with Gasteiger partial charge in [0.05, 0.1) is 5.69 Å². The van der Waals surface area contributed by atoms with E-state index in [1.165, 1.54) is 0 Å². The number of nitrogens with zero attached hydrogens (tertiary/aromatic N) is 2. The Morgan fingerprint density at radius 3 is 2.24 bits per heavy atom. The van der Waals surface area contributed by atoms with Crippen molar-refractivity contribution in [1.29, 1.82) is 0 Å². The third-order valence-corrected chi connectivity index (χ3v) is 3.43. The molecule has 1 heterocycles. The van der Waals surface area contributed by atoms with Gasteiger partial charge in [0, 0.05) is 23.9 Å². The van der Waals surface area contributed by atoms with E-state index < -0.39 is 0 Å². The SMILES string of the molecule is CC.CNc1ccc(N=C2N=C(NC=O)C(=O)c3ccccc32)cc1. The van der Waals surface area contributed by atoms with Crippen LogP contribution in [-0.4, -0.2) is 30.9 Å². The Bertz CT molecular complexity index is 824. The topological polar surface area (TPSA) is 82.9 Å². The molecule has 2 N–H and O–H groups in total. The number of nitrogens with one attached hydrogen (secondary N) is 2. The second-order valence-electron chi connectivity index (χ2n) is 4.83. The van der Waals surface area contributed by atoms with E-state index in [2.05, 4.69) is 20.6 Å². The van der Waals surface area contributed by atoms with Crippen molar-refractivity contribution in [2.24, 2.45) is 9.98 Å². The first-order valence-electron chi connectivity index (χ1n) is 8.02. The zero-order valence-corrected chi connectivity index (χ0v) is 14.4. The summed E-state index contributed by atoms with van der Waals surface area (Å²) in [5.41, 5.74) is 2.79. The Labute approximate surface area is 146 Å². The van der Waals surface area contributed by atoms with Crippen molar-refractivity contribution in [2.75, 3.05) is 12.4 Å². The van der Waals surface area contributed by atoms with Gasteiger partial charge in [-0.2, -0.15) is 0 Å². The molecule has 1 aliphatic rings. The second-order valence-corrected chi connectivity index (χ2v) is 4.83. The molecule has 3 rings (SSSR count). The lowest BCUT2D eigenvalue weighted by atomic mass is 9.99. The van der Waals surface area contributed by atoms with E-state index in [0.717, 1.165) is 5.69 Å². The van der Waals surface area contributed by atoms with E-state index in [0.29, 0.717) is 29.1 Å². The van der Waals surface area contributed by atoms with Crippen LogP contribution in [-0.2, 0) is 4.79 Å². The molecule has 1 amide bonds. The zero-order valence-electron chi connectivity index (χ0n) is 14.4. The van der Waals surface area contributed by atoms with Crippen LogP contribution in [0, 0.1) is 0 Å². The van der Waals surface area contributed by atoms with Crippen molar-refractivity contribution in [3.63, 3.8) is 0 Å². The highest BCUT2D eigenvalue weighted by Gasteiger charge is 2.25. The van der Waals surface area contributed by atoms with Crippen LogP contribution in [0.2, 0.25) is 0 Å². The molecule has 6 heteroatoms. The number of Topliss-reactive ketones (excluding diaryl/α,β-unsaturated/α-hetero) is 1. The normalized spacial score (nSPS) is 14.0. The van der Waals surface area contributed by atoms with Crippen LogP contribution in [0.4, 0.5) is 11.4 Å². The van der Waals surface area contributed by atoms with Gasteiger partial charge in [0.15, 0.2) is 11.7 Å². The summed E-state index contributed by atoms with van der Waals surface area (Å²) in [6.45, 7) is 4.00. The zero-order chi connectivity index (χ0) is 18.2. The molecule has 2 aromatic carbocycles. The lowest BCUT2D eigenvalue weighted by Gasteiger charge is -2.15. The van der Waals surface area contributed by atoms with E-state index in [1.807, 2.05) is 51.2 Å². The molecule has 0 bridgehead atoms. The number of ketones is 1. The number of aliphatic imine (C=N–C) groups is 2. The summed E-state index contributed by atoms with van der Waals surface area (Å²) < 4.78 is 0. The first-order chi connectivity index (χ1) is 12.2. The third kappa shape index (κ3) is 3.98. The third-order valence-electron chi connectivity index (χ3n) is 3.43. The highest BCUT2D eigenvalue weighted by Crippen LogP contribution is 2.22. The Balaban J connectivity index is 0.00000109. The second kappa shape index (κ2) is 8.54. The first-order valence-corrected chi connectivity index (χ1v) is 8.02. The summed E-state index contributed by atoms with van der Waals surface area (Å²) in [6.07, 6.45) is 0.435. The minimum Gasteiger partial charge on any atom is -0.388 e. The maximum Gasteiger partial charge on any atom is 0.229 e. The highest BCUT2D eigenvalue weighted by atomic mass is 16.1. The molecule has 0 unspecified atom stereocenters. The standard InChI is InChI=1S/C17H14N4O2.C2H6/c1-18-11-6-8-12(9-7-11)20-16-14-5-3-2-4-13(14)15(23)17(21-16)19-10-22;1-2/h2-10,18H,1H3,(H,19,20,21,22);1-2H3. The minimum atomic E-state index is -0.322. The van der Waals surface area contributed by atoms with Crippen LogP contribution in [0.25, 0.3) is 0 Å². The van der Waals surface area contributed by atoms with Crippen molar-refractivity contribution < 1.29 is 9.59 Å². The summed E-state index contributed by atoms with van der Waals surface area (Å²) in [5.74, 6) is 0.0447. The van der Waals surface area contributed by atoms with Crippen molar-refractivity contribution >= 4 is 35.2 Å². The molecule has 0 aromatic heterocycles. The number of fused-ring (bicyclic) bond motifs is 1. The van der Waals surface area contributed by atoms with Gasteiger partial charge in [0.2, 0.25) is 12.2 Å². The predicted molar refractivity (Wildman–Crippen MR) is 101 cm³/mol. The van der Waals surface area contributed by atoms with E-state index >= 15 is 0 Å². The van der Waals surface area contributed by atoms with E-state index in [4.69, 9.17) is 0 Å². The largest absolute Gasteiger partial charge is 0.388 e. The molecule has 25 heavy (non-hydrogen) atoms. The smallest absolute Gasteiger partial charge is 0.229 e. The van der Waals surface area contributed by atoms with Crippen molar-refractivity contribution in [3.8, 4) is 0 Å². The van der Waals surface area contributed by atoms with Gasteiger partial charge in [-0.1, -0.05) is 38.1 Å². The lowest BCUT2D eigenvalue weighted by molar-refractivity contribution is -0.108. The molecule has 0 saturated heterocycles. The van der Waals surface area contributed by atoms with E-state index in [1.54, 1.807) is 18.2 Å². The van der Waals surface area contributed by atoms with Crippen LogP contribution in [0.15, 0.2) is 58.5 Å². The maximum absolute atomic E-state index is 12.3. The Morgan fingerprint density at radius 1 is 1.00 bits per heavy atom. The summed E-state index contributed by atoms with van der Waals surface area (Å²) in [6, 6.07) is 14.6. The van der Waals surface area contributed by atoms with Crippen molar-refractivity contribution in [1.82, 2.24) is 5.32 Å². The summed E-state index contributed by atoms with van der Waals surface area (Å²) in [5, 5.41) is 5.37. The molecule has 0 fully saturated rings. The molecule has 128 valence electrons. The molecule has 0 spiro atoms. The average molecular weight is 336 g/mol. The molecular formula is C19H20N4O2. The van der Waals surface area contributed by atoms with Gasteiger partial charge < -0.3 is 10.6 Å². The fraction of sp³-hybridized carbons (Fsp3) is 0.158. The molecule has 0 atom stereocenters. The highest BCUT2D eigenvalue weighted by molar-refractivity contribution is 6.51. The minimum absolute atomic E-state index is 0.0238. The summed E-state index contributed by atoms with van der Waals surface area (Å²) >= 11 is 0. The fourth-order valence-corrected chi connectivity index (χ4v) is 2.28. The Hall–Kier alpha value is -3.28. The molecule has 0 saturated carbocycles. The van der Waals surface area contributed by atoms with E-state index in [-0.39, 0.29) is 11.6 Å². The van der Waals surface area contributed by atoms with Gasteiger partial charge in [-0.05, 0) is 24.3 Å². The molecule has 1 aliphatic heterocycles. The van der Waals surface area contributed by atoms with Gasteiger partial charge in [-0.25, -0.2) is 9.98 Å². The van der Waals surface area contributed by atoms with Crippen LogP contribution in [0.1, 0.15) is 29.8 Å². The number of carbonyl (C=O) groups is 2. The number of hydrogen-bond donors (Lipinski definition) is 2. The lowest BCUT2D eigenvalue weighted by Crippen LogP contribution is -2.35. The van der Waals surface area contributed by atoms with Gasteiger partial charge in [-0.15, -0.1) is 0 Å². The molecule has 6 nitrogen and oxygen atoms in total. The van der Waals surface area contributed by atoms with Gasteiger partial charge >= 0.3 is 0 Å². The quantitative estimate of drug-likeness (QED) is 0.845.